The van der Waals surface area contributed by atoms with Gasteiger partial charge in [0, 0.05) is 61.2 Å². The van der Waals surface area contributed by atoms with E-state index in [1.807, 2.05) is 43.3 Å². The SMILES string of the molecule is CNc1ccc2nc(C(F)(F)F)cc(N[C@H]3CC[C@@H](NC(=O)c4ccc(N(C)C)cc4)CC3)c2c1. The maximum Gasteiger partial charge on any atom is 0.433 e. The minimum Gasteiger partial charge on any atom is -0.388 e. The van der Waals surface area contributed by atoms with Gasteiger partial charge >= 0.3 is 6.18 Å². The van der Waals surface area contributed by atoms with Crippen molar-refractivity contribution >= 4 is 33.9 Å². The first-order chi connectivity index (χ1) is 16.6. The number of nitrogens with one attached hydrogen (secondary N) is 3. The molecule has 6 nitrogen and oxygen atoms in total. The van der Waals surface area contributed by atoms with Crippen molar-refractivity contribution in [1.82, 2.24) is 10.3 Å². The fourth-order valence-electron chi connectivity index (χ4n) is 4.43. The van der Waals surface area contributed by atoms with E-state index in [2.05, 4.69) is 20.9 Å². The molecule has 0 aliphatic heterocycles. The molecule has 2 aromatic carbocycles. The minimum absolute atomic E-state index is 0.00690. The number of benzene rings is 2. The molecule has 9 heteroatoms. The second-order valence-corrected chi connectivity index (χ2v) is 9.14. The van der Waals surface area contributed by atoms with Gasteiger partial charge in [-0.05, 0) is 74.2 Å². The fourth-order valence-corrected chi connectivity index (χ4v) is 4.43. The predicted molar refractivity (Wildman–Crippen MR) is 134 cm³/mol. The van der Waals surface area contributed by atoms with Crippen molar-refractivity contribution in [3.63, 3.8) is 0 Å². The van der Waals surface area contributed by atoms with Crippen molar-refractivity contribution in [2.45, 2.75) is 43.9 Å². The van der Waals surface area contributed by atoms with Crippen molar-refractivity contribution in [1.29, 1.82) is 0 Å². The van der Waals surface area contributed by atoms with Crippen LogP contribution in [0.15, 0.2) is 48.5 Å². The van der Waals surface area contributed by atoms with Crippen molar-refractivity contribution < 1.29 is 18.0 Å². The number of nitrogens with zero attached hydrogens (tertiary/aromatic N) is 2. The Balaban J connectivity index is 1.42. The highest BCUT2D eigenvalue weighted by Crippen LogP contribution is 2.35. The van der Waals surface area contributed by atoms with Gasteiger partial charge in [-0.15, -0.1) is 0 Å². The molecule has 35 heavy (non-hydrogen) atoms. The number of carbonyl (C=O) groups is 1. The highest BCUT2D eigenvalue weighted by Gasteiger charge is 2.34. The van der Waals surface area contributed by atoms with Crippen LogP contribution in [0.1, 0.15) is 41.7 Å². The van der Waals surface area contributed by atoms with Gasteiger partial charge in [-0.1, -0.05) is 0 Å². The molecule has 3 N–H and O–H groups in total. The zero-order valence-corrected chi connectivity index (χ0v) is 20.0. The summed E-state index contributed by atoms with van der Waals surface area (Å²) < 4.78 is 40.3. The van der Waals surface area contributed by atoms with Gasteiger partial charge in [0.25, 0.3) is 5.91 Å². The van der Waals surface area contributed by atoms with Gasteiger partial charge < -0.3 is 20.9 Å². The molecule has 1 heterocycles. The Morgan fingerprint density at radius 2 is 1.63 bits per heavy atom. The number of anilines is 3. The molecule has 0 unspecified atom stereocenters. The smallest absolute Gasteiger partial charge is 0.388 e. The van der Waals surface area contributed by atoms with Crippen LogP contribution < -0.4 is 20.9 Å². The lowest BCUT2D eigenvalue weighted by Crippen LogP contribution is -2.40. The van der Waals surface area contributed by atoms with Gasteiger partial charge in [-0.25, -0.2) is 4.98 Å². The van der Waals surface area contributed by atoms with Crippen LogP contribution in [0.25, 0.3) is 10.9 Å². The average molecular weight is 486 g/mol. The van der Waals surface area contributed by atoms with E-state index in [9.17, 15) is 18.0 Å². The molecule has 1 aromatic heterocycles. The molecule has 0 atom stereocenters. The standard InChI is InChI=1S/C26H30F3N5O/c1-30-19-10-13-22-21(14-19)23(15-24(33-22)26(27,28)29)31-17-6-8-18(9-7-17)32-25(35)16-4-11-20(12-5-16)34(2)3/h4-5,10-15,17-18,30H,6-9H2,1-3H3,(H,31,33)(H,32,35)/t17-,18+. The largest absolute Gasteiger partial charge is 0.433 e. The first-order valence-electron chi connectivity index (χ1n) is 11.7. The lowest BCUT2D eigenvalue weighted by atomic mass is 9.90. The first-order valence-corrected chi connectivity index (χ1v) is 11.7. The summed E-state index contributed by atoms with van der Waals surface area (Å²) in [6, 6.07) is 13.7. The van der Waals surface area contributed by atoms with Crippen LogP contribution in [0.5, 0.6) is 0 Å². The van der Waals surface area contributed by atoms with Gasteiger partial charge in [0.05, 0.1) is 5.52 Å². The Morgan fingerprint density at radius 3 is 2.23 bits per heavy atom. The molecular formula is C26H30F3N5O. The first kappa shape index (κ1) is 24.6. The third-order valence-electron chi connectivity index (χ3n) is 6.46. The van der Waals surface area contributed by atoms with Crippen LogP contribution in [-0.4, -0.2) is 44.1 Å². The van der Waals surface area contributed by atoms with E-state index in [4.69, 9.17) is 0 Å². The summed E-state index contributed by atoms with van der Waals surface area (Å²) >= 11 is 0. The second kappa shape index (κ2) is 10.0. The van der Waals surface area contributed by atoms with Crippen LogP contribution >= 0.6 is 0 Å². The van der Waals surface area contributed by atoms with E-state index in [-0.39, 0.29) is 18.0 Å². The van der Waals surface area contributed by atoms with Crippen LogP contribution in [0, 0.1) is 0 Å². The van der Waals surface area contributed by atoms with Crippen LogP contribution in [0.2, 0.25) is 0 Å². The van der Waals surface area contributed by atoms with E-state index in [1.165, 1.54) is 0 Å². The molecule has 0 bridgehead atoms. The normalized spacial score (nSPS) is 18.2. The zero-order valence-electron chi connectivity index (χ0n) is 20.0. The molecule has 1 saturated carbocycles. The van der Waals surface area contributed by atoms with Crippen molar-refractivity contribution in [3.8, 4) is 0 Å². The third-order valence-corrected chi connectivity index (χ3v) is 6.46. The van der Waals surface area contributed by atoms with E-state index in [0.29, 0.717) is 22.2 Å². The van der Waals surface area contributed by atoms with E-state index in [0.717, 1.165) is 43.1 Å². The Labute approximate surface area is 202 Å². The van der Waals surface area contributed by atoms with Gasteiger partial charge in [0.2, 0.25) is 0 Å². The van der Waals surface area contributed by atoms with Crippen molar-refractivity contribution in [2.24, 2.45) is 0 Å². The summed E-state index contributed by atoms with van der Waals surface area (Å²) in [6.07, 6.45) is -1.56. The average Bonchev–Trinajstić information content (AvgIpc) is 2.84. The Kier molecular flexibility index (Phi) is 7.05. The second-order valence-electron chi connectivity index (χ2n) is 9.14. The maximum absolute atomic E-state index is 13.4. The molecule has 4 rings (SSSR count). The van der Waals surface area contributed by atoms with Crippen LogP contribution in [-0.2, 0) is 6.18 Å². The molecule has 0 saturated heterocycles. The maximum atomic E-state index is 13.4. The van der Waals surface area contributed by atoms with Crippen LogP contribution in [0.4, 0.5) is 30.2 Å². The highest BCUT2D eigenvalue weighted by atomic mass is 19.4. The molecule has 1 aliphatic rings. The lowest BCUT2D eigenvalue weighted by Gasteiger charge is -2.31. The van der Waals surface area contributed by atoms with Gasteiger partial charge in [-0.2, -0.15) is 13.2 Å². The minimum atomic E-state index is -4.53. The number of aromatic nitrogens is 1. The number of pyridine rings is 1. The van der Waals surface area contributed by atoms with Crippen molar-refractivity contribution in [3.05, 3.63) is 59.8 Å². The number of hydrogen-bond donors (Lipinski definition) is 3. The monoisotopic (exact) mass is 485 g/mol. The molecule has 1 aliphatic carbocycles. The number of carbonyl (C=O) groups excluding carboxylic acids is 1. The number of amides is 1. The predicted octanol–water partition coefficient (Wildman–Crippen LogP) is 5.51. The number of alkyl halides is 3. The zero-order chi connectivity index (χ0) is 25.2. The summed E-state index contributed by atoms with van der Waals surface area (Å²) in [4.78, 5) is 18.4. The van der Waals surface area contributed by atoms with Gasteiger partial charge in [0.15, 0.2) is 0 Å². The Morgan fingerprint density at radius 1 is 0.971 bits per heavy atom. The summed E-state index contributed by atoms with van der Waals surface area (Å²) in [5.74, 6) is -0.110. The molecule has 186 valence electrons. The molecule has 0 spiro atoms. The molecular weight excluding hydrogens is 455 g/mol. The molecule has 1 amide bonds. The summed E-state index contributed by atoms with van der Waals surface area (Å²) in [7, 11) is 5.65. The lowest BCUT2D eigenvalue weighted by molar-refractivity contribution is -0.140. The Bertz CT molecular complexity index is 1190. The molecule has 0 radical (unpaired) electrons. The quantitative estimate of drug-likeness (QED) is 0.429. The number of rotatable bonds is 6. The van der Waals surface area contributed by atoms with E-state index < -0.39 is 11.9 Å². The van der Waals surface area contributed by atoms with Gasteiger partial charge in [-0.3, -0.25) is 4.79 Å². The highest BCUT2D eigenvalue weighted by molar-refractivity contribution is 5.95. The van der Waals surface area contributed by atoms with Gasteiger partial charge in [0.1, 0.15) is 5.69 Å². The fraction of sp³-hybridized carbons (Fsp3) is 0.385. The number of hydrogen-bond acceptors (Lipinski definition) is 5. The Hall–Kier alpha value is -3.49. The summed E-state index contributed by atoms with van der Waals surface area (Å²) in [5, 5.41) is 10.1. The topological polar surface area (TPSA) is 69.3 Å². The summed E-state index contributed by atoms with van der Waals surface area (Å²) in [6.45, 7) is 0. The number of fused-ring (bicyclic) bond motifs is 1. The molecule has 3 aromatic rings. The van der Waals surface area contributed by atoms with E-state index >= 15 is 0 Å². The summed E-state index contributed by atoms with van der Waals surface area (Å²) in [5.41, 5.74) is 2.24. The number of halogens is 3. The van der Waals surface area contributed by atoms with Crippen LogP contribution in [0.3, 0.4) is 0 Å². The van der Waals surface area contributed by atoms with E-state index in [1.54, 1.807) is 25.2 Å². The molecule has 1 fully saturated rings. The third kappa shape index (κ3) is 5.78. The van der Waals surface area contributed by atoms with Crippen molar-refractivity contribution in [2.75, 3.05) is 36.7 Å².